The maximum Gasteiger partial charge on any atom is 0.322 e. The van der Waals surface area contributed by atoms with Crippen LogP contribution in [0.4, 0.5) is 0 Å². The number of thiol groups is 1. The van der Waals surface area contributed by atoms with Gasteiger partial charge in [0.1, 0.15) is 18.6 Å². The fourth-order valence-corrected chi connectivity index (χ4v) is 1.62. The van der Waals surface area contributed by atoms with Crippen LogP contribution >= 0.6 is 12.6 Å². The summed E-state index contributed by atoms with van der Waals surface area (Å²) < 4.78 is 0. The highest BCUT2D eigenvalue weighted by Gasteiger charge is 2.27. The first-order valence-electron chi connectivity index (χ1n) is 5.86. The first kappa shape index (κ1) is 19.1. The minimum absolute atomic E-state index is 0.126. The molecule has 11 heteroatoms. The highest BCUT2D eigenvalue weighted by molar-refractivity contribution is 7.80. The number of nitrogens with one attached hydrogen (secondary N) is 1. The molecule has 21 heavy (non-hydrogen) atoms. The van der Waals surface area contributed by atoms with E-state index in [4.69, 9.17) is 21.8 Å². The van der Waals surface area contributed by atoms with Crippen molar-refractivity contribution in [2.75, 3.05) is 12.3 Å². The van der Waals surface area contributed by atoms with Crippen LogP contribution in [0, 0.1) is 0 Å². The fraction of sp³-hybridized carbons (Fsp3) is 0.600. The van der Waals surface area contributed by atoms with Crippen molar-refractivity contribution < 1.29 is 29.4 Å². The molecule has 0 saturated heterocycles. The molecule has 0 aromatic heterocycles. The number of carboxylic acids is 2. The Kier molecular flexibility index (Phi) is 8.35. The molecular formula is C10H18N4O6S. The summed E-state index contributed by atoms with van der Waals surface area (Å²) in [7, 11) is 0. The Morgan fingerprint density at radius 2 is 1.81 bits per heavy atom. The fourth-order valence-electron chi connectivity index (χ4n) is 1.28. The number of hydrogen-bond donors (Lipinski definition) is 6. The molecule has 2 amide bonds. The third-order valence-electron chi connectivity index (χ3n) is 2.50. The molecule has 0 aromatic carbocycles. The third kappa shape index (κ3) is 6.92. The summed E-state index contributed by atoms with van der Waals surface area (Å²) in [5.74, 6) is 1.38. The third-order valence-corrected chi connectivity index (χ3v) is 2.85. The van der Waals surface area contributed by atoms with Crippen molar-refractivity contribution in [3.8, 4) is 0 Å². The first-order valence-corrected chi connectivity index (χ1v) is 6.49. The minimum Gasteiger partial charge on any atom is -0.480 e. The molecular weight excluding hydrogens is 304 g/mol. The summed E-state index contributed by atoms with van der Waals surface area (Å²) in [6, 6.07) is -2.38. The average molecular weight is 322 g/mol. The van der Waals surface area contributed by atoms with Crippen LogP contribution in [0.15, 0.2) is 0 Å². The predicted molar refractivity (Wildman–Crippen MR) is 74.2 cm³/mol. The normalized spacial score (nSPS) is 13.1. The maximum absolute atomic E-state index is 11.7. The van der Waals surface area contributed by atoms with Gasteiger partial charge in [0.05, 0.1) is 0 Å². The van der Waals surface area contributed by atoms with E-state index in [0.29, 0.717) is 5.01 Å². The van der Waals surface area contributed by atoms with Crippen LogP contribution in [-0.2, 0) is 19.2 Å². The van der Waals surface area contributed by atoms with Crippen molar-refractivity contribution in [2.24, 2.45) is 11.6 Å². The summed E-state index contributed by atoms with van der Waals surface area (Å²) in [6.07, 6.45) is -0.404. The Labute approximate surface area is 125 Å². The quantitative estimate of drug-likeness (QED) is 0.116. The standard InChI is InChI=1S/C10H18N4O6S/c11-5(10(19)20)1-2-7(15)14(12)6(4-21)9(18)13-3-8(16)17/h5-6,21H,1-4,11-12H2,(H,13,18)(H,16,17)(H,19,20). The molecule has 0 radical (unpaired) electrons. The second kappa shape index (κ2) is 9.15. The molecule has 0 aromatic rings. The van der Waals surface area contributed by atoms with Gasteiger partial charge in [-0.05, 0) is 6.42 Å². The van der Waals surface area contributed by atoms with Gasteiger partial charge in [0.25, 0.3) is 0 Å². The number of aliphatic carboxylic acids is 2. The van der Waals surface area contributed by atoms with Gasteiger partial charge in [0.2, 0.25) is 11.8 Å². The van der Waals surface area contributed by atoms with E-state index in [2.05, 4.69) is 17.9 Å². The number of carboxylic acid groups (broad SMARTS) is 2. The summed E-state index contributed by atoms with van der Waals surface area (Å²) >= 11 is 3.87. The molecule has 120 valence electrons. The summed E-state index contributed by atoms with van der Waals surface area (Å²) in [6.45, 7) is -0.616. The van der Waals surface area contributed by atoms with E-state index in [1.165, 1.54) is 0 Å². The number of carbonyl (C=O) groups excluding carboxylic acids is 2. The van der Waals surface area contributed by atoms with E-state index in [0.717, 1.165) is 0 Å². The number of amides is 2. The molecule has 2 atom stereocenters. The van der Waals surface area contributed by atoms with Gasteiger partial charge in [0.15, 0.2) is 0 Å². The van der Waals surface area contributed by atoms with Crippen LogP contribution in [-0.4, -0.2) is 63.4 Å². The first-order chi connectivity index (χ1) is 9.70. The summed E-state index contributed by atoms with van der Waals surface area (Å²) in [5, 5.41) is 19.7. The zero-order valence-electron chi connectivity index (χ0n) is 11.1. The van der Waals surface area contributed by atoms with Gasteiger partial charge in [-0.2, -0.15) is 12.6 Å². The molecule has 10 nitrogen and oxygen atoms in total. The zero-order valence-corrected chi connectivity index (χ0v) is 12.0. The molecule has 0 saturated carbocycles. The minimum atomic E-state index is -1.25. The Morgan fingerprint density at radius 1 is 1.24 bits per heavy atom. The lowest BCUT2D eigenvalue weighted by molar-refractivity contribution is -0.142. The van der Waals surface area contributed by atoms with E-state index < -0.39 is 42.4 Å². The van der Waals surface area contributed by atoms with Crippen LogP contribution in [0.1, 0.15) is 12.8 Å². The number of nitrogens with two attached hydrogens (primary N) is 2. The van der Waals surface area contributed by atoms with Gasteiger partial charge in [-0.1, -0.05) is 0 Å². The number of nitrogens with zero attached hydrogens (tertiary/aromatic N) is 1. The average Bonchev–Trinajstić information content (AvgIpc) is 2.42. The van der Waals surface area contributed by atoms with Crippen molar-refractivity contribution in [1.82, 2.24) is 10.3 Å². The Morgan fingerprint density at radius 3 is 2.24 bits per heavy atom. The summed E-state index contributed by atoms with van der Waals surface area (Å²) in [4.78, 5) is 44.3. The van der Waals surface area contributed by atoms with E-state index >= 15 is 0 Å². The smallest absolute Gasteiger partial charge is 0.322 e. The molecule has 0 spiro atoms. The van der Waals surface area contributed by atoms with Crippen molar-refractivity contribution in [1.29, 1.82) is 0 Å². The molecule has 0 heterocycles. The van der Waals surface area contributed by atoms with Crippen LogP contribution in [0.2, 0.25) is 0 Å². The Hall–Kier alpha value is -1.85. The predicted octanol–water partition coefficient (Wildman–Crippen LogP) is -2.62. The maximum atomic E-state index is 11.7. The number of hydrogen-bond acceptors (Lipinski definition) is 7. The van der Waals surface area contributed by atoms with Crippen molar-refractivity contribution in [2.45, 2.75) is 24.9 Å². The topological polar surface area (TPSA) is 176 Å². The Bertz CT molecular complexity index is 418. The van der Waals surface area contributed by atoms with Crippen LogP contribution in [0.5, 0.6) is 0 Å². The van der Waals surface area contributed by atoms with Crippen molar-refractivity contribution in [3.63, 3.8) is 0 Å². The van der Waals surface area contributed by atoms with Crippen molar-refractivity contribution >= 4 is 36.4 Å². The van der Waals surface area contributed by atoms with Gasteiger partial charge in [-0.15, -0.1) is 0 Å². The second-order valence-electron chi connectivity index (χ2n) is 4.09. The lowest BCUT2D eigenvalue weighted by atomic mass is 10.1. The molecule has 0 aliphatic rings. The van der Waals surface area contributed by atoms with E-state index in [9.17, 15) is 19.2 Å². The van der Waals surface area contributed by atoms with Crippen molar-refractivity contribution in [3.05, 3.63) is 0 Å². The van der Waals surface area contributed by atoms with E-state index in [1.54, 1.807) is 0 Å². The van der Waals surface area contributed by atoms with Crippen LogP contribution in [0.25, 0.3) is 0 Å². The highest BCUT2D eigenvalue weighted by atomic mass is 32.1. The zero-order chi connectivity index (χ0) is 16.6. The number of rotatable bonds is 9. The lowest BCUT2D eigenvalue weighted by Gasteiger charge is -2.25. The van der Waals surface area contributed by atoms with Crippen LogP contribution < -0.4 is 16.9 Å². The van der Waals surface area contributed by atoms with Gasteiger partial charge in [-0.25, -0.2) is 5.84 Å². The van der Waals surface area contributed by atoms with Gasteiger partial charge in [0, 0.05) is 12.2 Å². The monoisotopic (exact) mass is 322 g/mol. The number of carbonyl (C=O) groups is 4. The molecule has 0 rings (SSSR count). The van der Waals surface area contributed by atoms with E-state index in [1.807, 2.05) is 0 Å². The van der Waals surface area contributed by atoms with Crippen LogP contribution in [0.3, 0.4) is 0 Å². The molecule has 0 aliphatic heterocycles. The molecule has 7 N–H and O–H groups in total. The SMILES string of the molecule is NC(CCC(=O)N(N)C(CS)C(=O)NCC(=O)O)C(=O)O. The molecule has 0 aliphatic carbocycles. The van der Waals surface area contributed by atoms with Gasteiger partial charge in [-0.3, -0.25) is 24.2 Å². The molecule has 0 fully saturated rings. The largest absolute Gasteiger partial charge is 0.480 e. The lowest BCUT2D eigenvalue weighted by Crippen LogP contribution is -2.55. The van der Waals surface area contributed by atoms with E-state index in [-0.39, 0.29) is 18.6 Å². The number of hydrazine groups is 1. The summed E-state index contributed by atoms with van der Waals surface area (Å²) in [5.41, 5.74) is 5.24. The second-order valence-corrected chi connectivity index (χ2v) is 4.46. The Balaban J connectivity index is 4.51. The molecule has 2 unspecified atom stereocenters. The molecule has 0 bridgehead atoms. The van der Waals surface area contributed by atoms with Gasteiger partial charge < -0.3 is 21.3 Å². The van der Waals surface area contributed by atoms with Gasteiger partial charge >= 0.3 is 11.9 Å². The highest BCUT2D eigenvalue weighted by Crippen LogP contribution is 2.04.